The van der Waals surface area contributed by atoms with Gasteiger partial charge in [0.15, 0.2) is 5.82 Å². The van der Waals surface area contributed by atoms with Crippen molar-refractivity contribution < 1.29 is 9.12 Å². The van der Waals surface area contributed by atoms with Gasteiger partial charge in [-0.3, -0.25) is 0 Å². The van der Waals surface area contributed by atoms with Crippen LogP contribution in [0.5, 0.6) is 0 Å². The highest BCUT2D eigenvalue weighted by molar-refractivity contribution is 9.10. The first-order chi connectivity index (χ1) is 6.16. The second-order valence-corrected chi connectivity index (χ2v) is 3.60. The molecule has 2 rings (SSSR count). The van der Waals surface area contributed by atoms with E-state index in [0.717, 1.165) is 10.7 Å². The molecule has 0 N–H and O–H groups in total. The van der Waals surface area contributed by atoms with Crippen molar-refractivity contribution in [1.82, 2.24) is 0 Å². The van der Waals surface area contributed by atoms with Gasteiger partial charge in [0.1, 0.15) is 0 Å². The normalized spacial score (nSPS) is 10.6. The van der Waals surface area contributed by atoms with Gasteiger partial charge in [0.25, 0.3) is 0 Å². The maximum atomic E-state index is 12.8. The number of aromatic nitrogens is 1. The number of rotatable bonds is 0. The van der Waals surface area contributed by atoms with Crippen LogP contribution >= 0.6 is 15.9 Å². The third-order valence-electron chi connectivity index (χ3n) is 1.76. The Morgan fingerprint density at radius 1 is 1.31 bits per heavy atom. The van der Waals surface area contributed by atoms with Crippen LogP contribution in [-0.2, 0) is 0 Å². The SMILES string of the molecule is [O-][n+]1cc(F)cc2ccc(Br)cc21. The van der Waals surface area contributed by atoms with Gasteiger partial charge >= 0.3 is 0 Å². The van der Waals surface area contributed by atoms with Crippen LogP contribution in [0.2, 0.25) is 0 Å². The van der Waals surface area contributed by atoms with Gasteiger partial charge in [-0.25, -0.2) is 4.39 Å². The van der Waals surface area contributed by atoms with E-state index < -0.39 is 5.82 Å². The van der Waals surface area contributed by atoms with E-state index in [0.29, 0.717) is 15.6 Å². The van der Waals surface area contributed by atoms with Crippen LogP contribution in [0.1, 0.15) is 0 Å². The second kappa shape index (κ2) is 2.96. The Morgan fingerprint density at radius 3 is 2.85 bits per heavy atom. The molecule has 0 radical (unpaired) electrons. The molecule has 0 saturated heterocycles. The number of fused-ring (bicyclic) bond motifs is 1. The molecule has 0 spiro atoms. The first kappa shape index (κ1) is 8.44. The first-order valence-electron chi connectivity index (χ1n) is 3.65. The molecular weight excluding hydrogens is 237 g/mol. The quantitative estimate of drug-likeness (QED) is 0.514. The highest BCUT2D eigenvalue weighted by Crippen LogP contribution is 2.17. The lowest BCUT2D eigenvalue weighted by Gasteiger charge is -2.01. The number of pyridine rings is 1. The van der Waals surface area contributed by atoms with Gasteiger partial charge in [0.05, 0.1) is 5.39 Å². The molecule has 0 aliphatic heterocycles. The number of nitrogens with zero attached hydrogens (tertiary/aromatic N) is 1. The second-order valence-electron chi connectivity index (χ2n) is 2.69. The van der Waals surface area contributed by atoms with E-state index in [9.17, 15) is 9.60 Å². The van der Waals surface area contributed by atoms with Crippen molar-refractivity contribution in [3.05, 3.63) is 46.0 Å². The Labute approximate surface area is 82.3 Å². The van der Waals surface area contributed by atoms with E-state index in [2.05, 4.69) is 15.9 Å². The average Bonchev–Trinajstić information content (AvgIpc) is 2.06. The summed E-state index contributed by atoms with van der Waals surface area (Å²) in [5.74, 6) is -0.523. The molecule has 4 heteroatoms. The Bertz CT molecular complexity index is 472. The summed E-state index contributed by atoms with van der Waals surface area (Å²) in [6.07, 6.45) is 0.911. The minimum absolute atomic E-state index is 0.454. The summed E-state index contributed by atoms with van der Waals surface area (Å²) in [6, 6.07) is 6.44. The molecule has 2 aromatic rings. The van der Waals surface area contributed by atoms with Crippen molar-refractivity contribution in [1.29, 1.82) is 0 Å². The molecule has 2 nitrogen and oxygen atoms in total. The van der Waals surface area contributed by atoms with Crippen LogP contribution in [0.15, 0.2) is 34.9 Å². The topological polar surface area (TPSA) is 26.9 Å². The van der Waals surface area contributed by atoms with Gasteiger partial charge in [-0.15, -0.1) is 0 Å². The molecule has 0 amide bonds. The Balaban J connectivity index is 2.87. The summed E-state index contributed by atoms with van der Waals surface area (Å²) in [4.78, 5) is 0. The maximum absolute atomic E-state index is 12.8. The number of benzene rings is 1. The van der Waals surface area contributed by atoms with Gasteiger partial charge in [0, 0.05) is 10.5 Å². The van der Waals surface area contributed by atoms with E-state index in [1.165, 1.54) is 6.07 Å². The van der Waals surface area contributed by atoms with Crippen molar-refractivity contribution in [2.24, 2.45) is 0 Å². The standard InChI is InChI=1S/C9H5BrFNO/c10-7-2-1-6-3-8(11)5-12(13)9(6)4-7/h1-5H. The maximum Gasteiger partial charge on any atom is 0.225 e. The molecule has 0 unspecified atom stereocenters. The van der Waals surface area contributed by atoms with E-state index in [4.69, 9.17) is 0 Å². The average molecular weight is 242 g/mol. The Morgan fingerprint density at radius 2 is 2.08 bits per heavy atom. The molecular formula is C9H5BrFNO. The summed E-state index contributed by atoms with van der Waals surface area (Å²) < 4.78 is 14.1. The largest absolute Gasteiger partial charge is 0.618 e. The van der Waals surface area contributed by atoms with Crippen molar-refractivity contribution >= 4 is 26.8 Å². The molecule has 0 bridgehead atoms. The molecule has 0 atom stereocenters. The van der Waals surface area contributed by atoms with Crippen LogP contribution in [0.4, 0.5) is 4.39 Å². The van der Waals surface area contributed by atoms with Crippen molar-refractivity contribution in [3.63, 3.8) is 0 Å². The summed E-state index contributed by atoms with van der Waals surface area (Å²) in [7, 11) is 0. The van der Waals surface area contributed by atoms with E-state index >= 15 is 0 Å². The molecule has 1 aromatic heterocycles. The minimum atomic E-state index is -0.523. The Kier molecular flexibility index (Phi) is 1.92. The molecule has 1 heterocycles. The molecule has 0 saturated carbocycles. The zero-order valence-electron chi connectivity index (χ0n) is 6.50. The zero-order chi connectivity index (χ0) is 9.42. The van der Waals surface area contributed by atoms with E-state index in [1.54, 1.807) is 18.2 Å². The van der Waals surface area contributed by atoms with E-state index in [1.807, 2.05) is 0 Å². The highest BCUT2D eigenvalue weighted by Gasteiger charge is 2.06. The van der Waals surface area contributed by atoms with Gasteiger partial charge in [0.2, 0.25) is 11.7 Å². The van der Waals surface area contributed by atoms with Crippen LogP contribution in [-0.4, -0.2) is 0 Å². The monoisotopic (exact) mass is 241 g/mol. The van der Waals surface area contributed by atoms with Crippen LogP contribution in [0.25, 0.3) is 10.9 Å². The fourth-order valence-electron chi connectivity index (χ4n) is 1.20. The molecule has 0 aliphatic carbocycles. The third-order valence-corrected chi connectivity index (χ3v) is 2.26. The Hall–Kier alpha value is -1.16. The van der Waals surface area contributed by atoms with Gasteiger partial charge in [-0.2, -0.15) is 4.73 Å². The van der Waals surface area contributed by atoms with Crippen molar-refractivity contribution in [2.45, 2.75) is 0 Å². The van der Waals surface area contributed by atoms with Gasteiger partial charge in [-0.1, -0.05) is 15.9 Å². The lowest BCUT2D eigenvalue weighted by Crippen LogP contribution is -2.26. The smallest absolute Gasteiger partial charge is 0.225 e. The summed E-state index contributed by atoms with van der Waals surface area (Å²) in [5, 5.41) is 11.8. The van der Waals surface area contributed by atoms with Crippen LogP contribution in [0.3, 0.4) is 0 Å². The number of hydrogen-bond donors (Lipinski definition) is 0. The molecule has 0 aliphatic rings. The predicted octanol–water partition coefficient (Wildman–Crippen LogP) is 2.37. The van der Waals surface area contributed by atoms with Gasteiger partial charge in [-0.05, 0) is 18.2 Å². The third kappa shape index (κ3) is 1.49. The fourth-order valence-corrected chi connectivity index (χ4v) is 1.55. The predicted molar refractivity (Wildman–Crippen MR) is 50.6 cm³/mol. The summed E-state index contributed by atoms with van der Waals surface area (Å²) in [5.41, 5.74) is 0.454. The van der Waals surface area contributed by atoms with Crippen molar-refractivity contribution in [3.8, 4) is 0 Å². The first-order valence-corrected chi connectivity index (χ1v) is 4.44. The summed E-state index contributed by atoms with van der Waals surface area (Å²) in [6.45, 7) is 0. The number of hydrogen-bond acceptors (Lipinski definition) is 1. The van der Waals surface area contributed by atoms with Gasteiger partial charge < -0.3 is 5.21 Å². The minimum Gasteiger partial charge on any atom is -0.618 e. The van der Waals surface area contributed by atoms with Crippen molar-refractivity contribution in [2.75, 3.05) is 0 Å². The number of halogens is 2. The molecule has 66 valence electrons. The van der Waals surface area contributed by atoms with Crippen LogP contribution in [0, 0.1) is 11.0 Å². The highest BCUT2D eigenvalue weighted by atomic mass is 79.9. The lowest BCUT2D eigenvalue weighted by molar-refractivity contribution is -0.578. The molecule has 13 heavy (non-hydrogen) atoms. The van der Waals surface area contributed by atoms with E-state index in [-0.39, 0.29) is 0 Å². The van der Waals surface area contributed by atoms with Crippen LogP contribution < -0.4 is 4.73 Å². The summed E-state index contributed by atoms with van der Waals surface area (Å²) >= 11 is 3.24. The zero-order valence-corrected chi connectivity index (χ0v) is 8.08. The molecule has 0 fully saturated rings. The lowest BCUT2D eigenvalue weighted by atomic mass is 10.2. The molecule has 1 aromatic carbocycles. The fraction of sp³-hybridized carbons (Fsp3) is 0.